The van der Waals surface area contributed by atoms with Crippen molar-refractivity contribution in [3.63, 3.8) is 0 Å². The second-order valence-corrected chi connectivity index (χ2v) is 4.72. The van der Waals surface area contributed by atoms with Gasteiger partial charge in [-0.2, -0.15) is 0 Å². The van der Waals surface area contributed by atoms with Gasteiger partial charge in [0, 0.05) is 31.9 Å². The lowest BCUT2D eigenvalue weighted by Gasteiger charge is -2.31. The van der Waals surface area contributed by atoms with Gasteiger partial charge in [0.1, 0.15) is 5.75 Å². The number of nitrogen functional groups attached to an aromatic ring is 1. The Hall–Kier alpha value is -1.75. The van der Waals surface area contributed by atoms with E-state index >= 15 is 0 Å². The molecule has 0 saturated carbocycles. The maximum atomic E-state index is 12.4. The predicted octanol–water partition coefficient (Wildman–Crippen LogP) is 1.53. The van der Waals surface area contributed by atoms with Gasteiger partial charge in [-0.3, -0.25) is 4.79 Å². The summed E-state index contributed by atoms with van der Waals surface area (Å²) in [4.78, 5) is 14.2. The molecule has 0 spiro atoms. The van der Waals surface area contributed by atoms with Crippen LogP contribution in [0.3, 0.4) is 0 Å². The van der Waals surface area contributed by atoms with E-state index in [1.54, 1.807) is 30.2 Å². The van der Waals surface area contributed by atoms with Crippen LogP contribution in [0.4, 0.5) is 5.69 Å². The Bertz CT molecular complexity index is 456. The van der Waals surface area contributed by atoms with E-state index in [2.05, 4.69) is 0 Å². The largest absolute Gasteiger partial charge is 0.495 e. The number of anilines is 1. The quantitative estimate of drug-likeness (QED) is 0.841. The lowest BCUT2D eigenvalue weighted by atomic mass is 10.1. The zero-order chi connectivity index (χ0) is 13.8. The number of nitrogens with two attached hydrogens (primary N) is 1. The van der Waals surface area contributed by atoms with Gasteiger partial charge in [-0.05, 0) is 31.0 Å². The Morgan fingerprint density at radius 1 is 1.42 bits per heavy atom. The van der Waals surface area contributed by atoms with E-state index in [4.69, 9.17) is 15.2 Å². The minimum Gasteiger partial charge on any atom is -0.495 e. The molecule has 0 radical (unpaired) electrons. The highest BCUT2D eigenvalue weighted by molar-refractivity contribution is 5.95. The molecule has 0 atom stereocenters. The number of methoxy groups -OCH3 is 1. The zero-order valence-electron chi connectivity index (χ0n) is 11.4. The summed E-state index contributed by atoms with van der Waals surface area (Å²) < 4.78 is 10.5. The molecule has 104 valence electrons. The number of rotatable bonds is 3. The summed E-state index contributed by atoms with van der Waals surface area (Å²) in [5.74, 6) is 0.524. The van der Waals surface area contributed by atoms with Crippen molar-refractivity contribution in [2.75, 3.05) is 33.1 Å². The Morgan fingerprint density at radius 2 is 2.11 bits per heavy atom. The minimum atomic E-state index is -0.00907. The van der Waals surface area contributed by atoms with Crippen LogP contribution < -0.4 is 10.5 Å². The summed E-state index contributed by atoms with van der Waals surface area (Å²) in [6.45, 7) is 1.43. The van der Waals surface area contributed by atoms with E-state index in [1.165, 1.54) is 0 Å². The maximum Gasteiger partial charge on any atom is 0.253 e. The molecule has 1 aliphatic rings. The highest BCUT2D eigenvalue weighted by Gasteiger charge is 2.23. The number of ether oxygens (including phenoxy) is 2. The molecule has 0 bridgehead atoms. The monoisotopic (exact) mass is 264 g/mol. The summed E-state index contributed by atoms with van der Waals surface area (Å²) in [5.41, 5.74) is 6.88. The van der Waals surface area contributed by atoms with Gasteiger partial charge in [-0.1, -0.05) is 0 Å². The standard InChI is InChI=1S/C14H20N2O3/c1-16(11-5-7-19-8-6-11)14(17)10-3-4-12(15)13(9-10)18-2/h3-4,9,11H,5-8,15H2,1-2H3. The van der Waals surface area contributed by atoms with Gasteiger partial charge in [0.2, 0.25) is 0 Å². The number of benzene rings is 1. The normalized spacial score (nSPS) is 16.1. The van der Waals surface area contributed by atoms with Crippen molar-refractivity contribution in [1.82, 2.24) is 4.90 Å². The third-order valence-corrected chi connectivity index (χ3v) is 3.54. The van der Waals surface area contributed by atoms with Crippen molar-refractivity contribution >= 4 is 11.6 Å². The fraction of sp³-hybridized carbons (Fsp3) is 0.500. The van der Waals surface area contributed by atoms with Gasteiger partial charge in [0.15, 0.2) is 0 Å². The molecule has 1 aliphatic heterocycles. The highest BCUT2D eigenvalue weighted by atomic mass is 16.5. The van der Waals surface area contributed by atoms with Crippen LogP contribution in [-0.4, -0.2) is 44.2 Å². The summed E-state index contributed by atoms with van der Waals surface area (Å²) in [6.07, 6.45) is 1.77. The average molecular weight is 264 g/mol. The molecule has 1 saturated heterocycles. The first kappa shape index (κ1) is 13.7. The number of hydrogen-bond acceptors (Lipinski definition) is 4. The zero-order valence-corrected chi connectivity index (χ0v) is 11.4. The third-order valence-electron chi connectivity index (χ3n) is 3.54. The molecule has 2 N–H and O–H groups in total. The van der Waals surface area contributed by atoms with Gasteiger partial charge in [-0.15, -0.1) is 0 Å². The molecule has 1 aromatic carbocycles. The van der Waals surface area contributed by atoms with Gasteiger partial charge in [-0.25, -0.2) is 0 Å². The van der Waals surface area contributed by atoms with E-state index in [-0.39, 0.29) is 11.9 Å². The predicted molar refractivity (Wildman–Crippen MR) is 73.3 cm³/mol. The van der Waals surface area contributed by atoms with Gasteiger partial charge in [0.05, 0.1) is 12.8 Å². The van der Waals surface area contributed by atoms with Gasteiger partial charge in [0.25, 0.3) is 5.91 Å². The van der Waals surface area contributed by atoms with E-state index in [9.17, 15) is 4.79 Å². The molecule has 5 nitrogen and oxygen atoms in total. The Kier molecular flexibility index (Phi) is 4.27. The van der Waals surface area contributed by atoms with Crippen molar-refractivity contribution in [3.8, 4) is 5.75 Å². The third kappa shape index (κ3) is 2.98. The fourth-order valence-electron chi connectivity index (χ4n) is 2.29. The van der Waals surface area contributed by atoms with Crippen molar-refractivity contribution in [3.05, 3.63) is 23.8 Å². The van der Waals surface area contributed by atoms with Crippen LogP contribution >= 0.6 is 0 Å². The lowest BCUT2D eigenvalue weighted by molar-refractivity contribution is 0.0362. The molecule has 19 heavy (non-hydrogen) atoms. The first-order valence-electron chi connectivity index (χ1n) is 6.42. The molecule has 1 heterocycles. The number of hydrogen-bond donors (Lipinski definition) is 1. The first-order valence-corrected chi connectivity index (χ1v) is 6.42. The summed E-state index contributed by atoms with van der Waals surface area (Å²) in [5, 5.41) is 0. The summed E-state index contributed by atoms with van der Waals surface area (Å²) in [6, 6.07) is 5.36. The second-order valence-electron chi connectivity index (χ2n) is 4.72. The first-order chi connectivity index (χ1) is 9.13. The van der Waals surface area contributed by atoms with E-state index in [0.717, 1.165) is 12.8 Å². The van der Waals surface area contributed by atoms with Crippen LogP contribution in [0.25, 0.3) is 0 Å². The van der Waals surface area contributed by atoms with Gasteiger partial charge < -0.3 is 20.1 Å². The minimum absolute atomic E-state index is 0.00907. The molecule has 1 aromatic rings. The van der Waals surface area contributed by atoms with Crippen LogP contribution in [-0.2, 0) is 4.74 Å². The van der Waals surface area contributed by atoms with Crippen molar-refractivity contribution < 1.29 is 14.3 Å². The fourth-order valence-corrected chi connectivity index (χ4v) is 2.29. The molecule has 0 aromatic heterocycles. The van der Waals surface area contributed by atoms with Crippen LogP contribution in [0.1, 0.15) is 23.2 Å². The van der Waals surface area contributed by atoms with Crippen LogP contribution in [0.5, 0.6) is 5.75 Å². The highest BCUT2D eigenvalue weighted by Crippen LogP contribution is 2.24. The molecule has 1 amide bonds. The van der Waals surface area contributed by atoms with E-state index < -0.39 is 0 Å². The number of carbonyl (C=O) groups excluding carboxylic acids is 1. The van der Waals surface area contributed by atoms with Crippen LogP contribution in [0, 0.1) is 0 Å². The van der Waals surface area contributed by atoms with Crippen LogP contribution in [0.2, 0.25) is 0 Å². The second kappa shape index (κ2) is 5.93. The Morgan fingerprint density at radius 3 is 2.74 bits per heavy atom. The number of carbonyl (C=O) groups is 1. The molecule has 0 aliphatic carbocycles. The lowest BCUT2D eigenvalue weighted by Crippen LogP contribution is -2.40. The molecule has 1 fully saturated rings. The molecule has 2 rings (SSSR count). The number of nitrogens with zero attached hydrogens (tertiary/aromatic N) is 1. The summed E-state index contributed by atoms with van der Waals surface area (Å²) >= 11 is 0. The maximum absolute atomic E-state index is 12.4. The number of amides is 1. The molecule has 5 heteroatoms. The Labute approximate surface area is 113 Å². The smallest absolute Gasteiger partial charge is 0.253 e. The molecular formula is C14H20N2O3. The van der Waals surface area contributed by atoms with Crippen molar-refractivity contribution in [1.29, 1.82) is 0 Å². The topological polar surface area (TPSA) is 64.8 Å². The van der Waals surface area contributed by atoms with E-state index in [1.807, 2.05) is 7.05 Å². The molecule has 0 unspecified atom stereocenters. The Balaban J connectivity index is 2.14. The summed E-state index contributed by atoms with van der Waals surface area (Å²) in [7, 11) is 3.38. The van der Waals surface area contributed by atoms with Crippen LogP contribution in [0.15, 0.2) is 18.2 Å². The molecular weight excluding hydrogens is 244 g/mol. The SMILES string of the molecule is COc1cc(C(=O)N(C)C2CCOCC2)ccc1N. The van der Waals surface area contributed by atoms with Crippen molar-refractivity contribution in [2.24, 2.45) is 0 Å². The van der Waals surface area contributed by atoms with E-state index in [0.29, 0.717) is 30.2 Å². The van der Waals surface area contributed by atoms with Gasteiger partial charge >= 0.3 is 0 Å². The average Bonchev–Trinajstić information content (AvgIpc) is 2.47. The van der Waals surface area contributed by atoms with Crippen molar-refractivity contribution in [2.45, 2.75) is 18.9 Å².